The second-order valence-electron chi connectivity index (χ2n) is 8.45. The molecule has 4 heteroatoms. The van der Waals surface area contributed by atoms with Gasteiger partial charge in [-0.25, -0.2) is 0 Å². The summed E-state index contributed by atoms with van der Waals surface area (Å²) in [6.45, 7) is 1.96. The molecule has 2 heterocycles. The molecule has 0 amide bonds. The molecule has 0 fully saturated rings. The Hall–Kier alpha value is -4.24. The molecule has 0 aliphatic carbocycles. The molecule has 187 valence electrons. The molecule has 6 rings (SSSR count). The van der Waals surface area contributed by atoms with Gasteiger partial charge in [-0.1, -0.05) is 83.9 Å². The number of pyridine rings is 1. The van der Waals surface area contributed by atoms with Gasteiger partial charge < -0.3 is 4.98 Å². The van der Waals surface area contributed by atoms with Crippen LogP contribution in [0.2, 0.25) is 0 Å². The molecule has 1 radical (unpaired) electrons. The zero-order chi connectivity index (χ0) is 25.3. The van der Waals surface area contributed by atoms with E-state index >= 15 is 0 Å². The van der Waals surface area contributed by atoms with Crippen molar-refractivity contribution < 1.29 is 20.1 Å². The molecule has 6 aromatic rings. The smallest absolute Gasteiger partial charge is 0.0751 e. The number of hydrogen-bond acceptors (Lipinski definition) is 3. The normalized spacial score (nSPS) is 10.0. The van der Waals surface area contributed by atoms with Gasteiger partial charge >= 0.3 is 0 Å². The number of benzene rings is 4. The molecule has 0 spiro atoms. The molecule has 0 unspecified atom stereocenters. The molecule has 3 nitrogen and oxygen atoms in total. The van der Waals surface area contributed by atoms with Gasteiger partial charge in [-0.05, 0) is 30.3 Å². The van der Waals surface area contributed by atoms with Crippen molar-refractivity contribution in [3.8, 4) is 44.9 Å². The van der Waals surface area contributed by atoms with Gasteiger partial charge in [0.2, 0.25) is 0 Å². The molecule has 0 atom stereocenters. The van der Waals surface area contributed by atoms with Crippen molar-refractivity contribution in [3.05, 3.63) is 152 Å². The molecule has 0 bridgehead atoms. The van der Waals surface area contributed by atoms with Crippen LogP contribution < -0.4 is 0 Å². The Labute approximate surface area is 237 Å². The molecular formula is C34H25IrN3-2. The third kappa shape index (κ3) is 6.95. The molecule has 0 saturated heterocycles. The van der Waals surface area contributed by atoms with Crippen molar-refractivity contribution in [2.75, 3.05) is 0 Å². The SMILES string of the molecule is Cc1ccnc(-c2[c-]ccc(-c3ccccc3)c2)n1.[Ir].[c-]1cc(-c2ccccc2)ccc1-c1ccccn1. The van der Waals surface area contributed by atoms with E-state index in [4.69, 9.17) is 0 Å². The molecule has 0 N–H and O–H groups in total. The second-order valence-corrected chi connectivity index (χ2v) is 8.45. The van der Waals surface area contributed by atoms with Crippen LogP contribution in [0.4, 0.5) is 0 Å². The maximum atomic E-state index is 4.44. The minimum Gasteiger partial charge on any atom is -0.305 e. The zero-order valence-corrected chi connectivity index (χ0v) is 23.3. The van der Waals surface area contributed by atoms with Crippen molar-refractivity contribution in [2.45, 2.75) is 6.92 Å². The average Bonchev–Trinajstić information content (AvgIpc) is 2.99. The number of nitrogens with zero attached hydrogens (tertiary/aromatic N) is 3. The fourth-order valence-electron chi connectivity index (χ4n) is 3.90. The van der Waals surface area contributed by atoms with Crippen LogP contribution in [0.1, 0.15) is 5.69 Å². The predicted octanol–water partition coefficient (Wildman–Crippen LogP) is 8.13. The first-order chi connectivity index (χ1) is 18.3. The van der Waals surface area contributed by atoms with E-state index in [2.05, 4.69) is 75.6 Å². The van der Waals surface area contributed by atoms with Crippen molar-refractivity contribution in [3.63, 3.8) is 0 Å². The van der Waals surface area contributed by atoms with E-state index in [1.807, 2.05) is 79.7 Å². The van der Waals surface area contributed by atoms with Crippen LogP contribution >= 0.6 is 0 Å². The molecule has 0 aliphatic heterocycles. The van der Waals surface area contributed by atoms with Crippen LogP contribution in [0.3, 0.4) is 0 Å². The van der Waals surface area contributed by atoms with Gasteiger partial charge in [-0.3, -0.25) is 9.97 Å². The Kier molecular flexibility index (Phi) is 9.42. The number of aryl methyl sites for hydroxylation is 1. The zero-order valence-electron chi connectivity index (χ0n) is 20.9. The summed E-state index contributed by atoms with van der Waals surface area (Å²) in [4.78, 5) is 13.1. The fourth-order valence-corrected chi connectivity index (χ4v) is 3.90. The minimum atomic E-state index is 0. The number of aromatic nitrogens is 3. The van der Waals surface area contributed by atoms with Gasteiger partial charge in [0, 0.05) is 38.2 Å². The van der Waals surface area contributed by atoms with Crippen molar-refractivity contribution in [1.29, 1.82) is 0 Å². The monoisotopic (exact) mass is 668 g/mol. The van der Waals surface area contributed by atoms with E-state index < -0.39 is 0 Å². The van der Waals surface area contributed by atoms with Crippen LogP contribution in [0, 0.1) is 19.1 Å². The van der Waals surface area contributed by atoms with Crippen LogP contribution in [-0.4, -0.2) is 15.0 Å². The molecule has 0 saturated carbocycles. The topological polar surface area (TPSA) is 38.7 Å². The summed E-state index contributed by atoms with van der Waals surface area (Å²) < 4.78 is 0. The maximum absolute atomic E-state index is 4.44. The largest absolute Gasteiger partial charge is 0.305 e. The molecule has 0 aliphatic rings. The summed E-state index contributed by atoms with van der Waals surface area (Å²) in [5, 5.41) is 0. The Bertz CT molecular complexity index is 1490. The average molecular weight is 668 g/mol. The number of rotatable bonds is 4. The third-order valence-electron chi connectivity index (χ3n) is 5.81. The Morgan fingerprint density at radius 2 is 1.26 bits per heavy atom. The van der Waals surface area contributed by atoms with E-state index in [0.29, 0.717) is 0 Å². The summed E-state index contributed by atoms with van der Waals surface area (Å²) in [5.41, 5.74) is 8.59. The standard InChI is InChI=1S/C17H13N2.C17H12N.Ir/c1-13-10-11-18-17(19-13)16-9-5-8-15(12-16)14-6-3-2-4-7-14;1-2-6-14(7-3-1)15-9-11-16(12-10-15)17-8-4-5-13-18-17;/h2-8,10-12H,1H3;1-11,13H;/q2*-1;. The molecule has 38 heavy (non-hydrogen) atoms. The van der Waals surface area contributed by atoms with Gasteiger partial charge in [-0.15, -0.1) is 65.2 Å². The van der Waals surface area contributed by atoms with E-state index in [0.717, 1.165) is 33.9 Å². The van der Waals surface area contributed by atoms with Crippen molar-refractivity contribution in [2.24, 2.45) is 0 Å². The van der Waals surface area contributed by atoms with E-state index in [1.165, 1.54) is 16.7 Å². The fraction of sp³-hybridized carbons (Fsp3) is 0.0294. The van der Waals surface area contributed by atoms with Crippen LogP contribution in [0.5, 0.6) is 0 Å². The van der Waals surface area contributed by atoms with Crippen LogP contribution in [-0.2, 0) is 20.1 Å². The quantitative estimate of drug-likeness (QED) is 0.178. The van der Waals surface area contributed by atoms with E-state index in [9.17, 15) is 0 Å². The van der Waals surface area contributed by atoms with Gasteiger partial charge in [0.1, 0.15) is 0 Å². The van der Waals surface area contributed by atoms with Gasteiger partial charge in [0.05, 0.1) is 5.82 Å². The van der Waals surface area contributed by atoms with Gasteiger partial charge in [0.25, 0.3) is 0 Å². The Balaban J connectivity index is 0.000000173. The first-order valence-corrected chi connectivity index (χ1v) is 12.1. The molecule has 4 aromatic carbocycles. The maximum Gasteiger partial charge on any atom is 0.0751 e. The second kappa shape index (κ2) is 13.3. The van der Waals surface area contributed by atoms with Crippen molar-refractivity contribution in [1.82, 2.24) is 15.0 Å². The third-order valence-corrected chi connectivity index (χ3v) is 5.81. The van der Waals surface area contributed by atoms with Crippen molar-refractivity contribution >= 4 is 0 Å². The van der Waals surface area contributed by atoms with Crippen LogP contribution in [0.15, 0.2) is 134 Å². The predicted molar refractivity (Wildman–Crippen MR) is 150 cm³/mol. The summed E-state index contributed by atoms with van der Waals surface area (Å²) in [7, 11) is 0. The summed E-state index contributed by atoms with van der Waals surface area (Å²) in [6.07, 6.45) is 3.58. The Morgan fingerprint density at radius 3 is 1.89 bits per heavy atom. The summed E-state index contributed by atoms with van der Waals surface area (Å²) >= 11 is 0. The number of hydrogen-bond donors (Lipinski definition) is 0. The summed E-state index contributed by atoms with van der Waals surface area (Å²) in [6, 6.07) is 47.1. The first-order valence-electron chi connectivity index (χ1n) is 12.1. The van der Waals surface area contributed by atoms with E-state index in [-0.39, 0.29) is 20.1 Å². The Morgan fingerprint density at radius 1 is 0.553 bits per heavy atom. The molecule has 2 aromatic heterocycles. The molecular weight excluding hydrogens is 643 g/mol. The minimum absolute atomic E-state index is 0. The van der Waals surface area contributed by atoms with Crippen LogP contribution in [0.25, 0.3) is 44.9 Å². The van der Waals surface area contributed by atoms with E-state index in [1.54, 1.807) is 12.4 Å². The first kappa shape index (κ1) is 26.8. The summed E-state index contributed by atoms with van der Waals surface area (Å²) in [5.74, 6) is 0.720. The van der Waals surface area contributed by atoms with Gasteiger partial charge in [-0.2, -0.15) is 0 Å². The van der Waals surface area contributed by atoms with Gasteiger partial charge in [0.15, 0.2) is 0 Å².